The number of benzene rings is 2. The first-order valence-corrected chi connectivity index (χ1v) is 11.4. The fourth-order valence-corrected chi connectivity index (χ4v) is 5.47. The van der Waals surface area contributed by atoms with Gasteiger partial charge in [0, 0.05) is 42.1 Å². The van der Waals surface area contributed by atoms with Crippen LogP contribution in [0.15, 0.2) is 58.8 Å². The lowest BCUT2D eigenvalue weighted by Crippen LogP contribution is -2.48. The van der Waals surface area contributed by atoms with Gasteiger partial charge in [-0.15, -0.1) is 11.3 Å². The molecule has 5 nitrogen and oxygen atoms in total. The van der Waals surface area contributed by atoms with Crippen molar-refractivity contribution in [1.29, 1.82) is 0 Å². The Morgan fingerprint density at radius 2 is 1.61 bits per heavy atom. The largest absolute Gasteiger partial charge is 0.345 e. The number of thiazole rings is 1. The average Bonchev–Trinajstić information content (AvgIpc) is 3.19. The Morgan fingerprint density at radius 3 is 2.25 bits per heavy atom. The normalized spacial score (nSPS) is 15.7. The SMILES string of the molecule is O=S(=O)(c1ccc(F)cc1)N1CCN(c2nc(-c3ccc(Cl)cc3)cs2)CC1. The molecule has 2 aromatic carbocycles. The smallest absolute Gasteiger partial charge is 0.243 e. The van der Waals surface area contributed by atoms with Gasteiger partial charge in [-0.05, 0) is 36.4 Å². The average molecular weight is 438 g/mol. The van der Waals surface area contributed by atoms with Gasteiger partial charge >= 0.3 is 0 Å². The zero-order valence-corrected chi connectivity index (χ0v) is 17.1. The summed E-state index contributed by atoms with van der Waals surface area (Å²) >= 11 is 7.46. The highest BCUT2D eigenvalue weighted by Crippen LogP contribution is 2.29. The summed E-state index contributed by atoms with van der Waals surface area (Å²) in [6.07, 6.45) is 0. The van der Waals surface area contributed by atoms with Crippen LogP contribution in [0.4, 0.5) is 9.52 Å². The molecule has 0 unspecified atom stereocenters. The first-order chi connectivity index (χ1) is 13.4. The van der Waals surface area contributed by atoms with Gasteiger partial charge in [0.25, 0.3) is 0 Å². The van der Waals surface area contributed by atoms with Crippen LogP contribution in [0.1, 0.15) is 0 Å². The van der Waals surface area contributed by atoms with Gasteiger partial charge in [0.15, 0.2) is 5.13 Å². The van der Waals surface area contributed by atoms with Gasteiger partial charge in [0.05, 0.1) is 10.6 Å². The fourth-order valence-electron chi connectivity index (χ4n) is 3.04. The van der Waals surface area contributed by atoms with Gasteiger partial charge in [0.1, 0.15) is 5.82 Å². The van der Waals surface area contributed by atoms with Crippen LogP contribution < -0.4 is 4.90 Å². The molecule has 0 radical (unpaired) electrons. The van der Waals surface area contributed by atoms with Gasteiger partial charge in [-0.25, -0.2) is 17.8 Å². The maximum atomic E-state index is 13.1. The molecule has 9 heteroatoms. The Kier molecular flexibility index (Phi) is 5.37. The number of piperazine rings is 1. The van der Waals surface area contributed by atoms with Crippen molar-refractivity contribution in [2.45, 2.75) is 4.90 Å². The van der Waals surface area contributed by atoms with Crippen LogP contribution in [0, 0.1) is 5.82 Å². The Balaban J connectivity index is 1.44. The minimum atomic E-state index is -3.62. The molecular weight excluding hydrogens is 421 g/mol. The molecule has 1 aliphatic rings. The van der Waals surface area contributed by atoms with E-state index in [1.165, 1.54) is 27.8 Å². The molecule has 3 aromatic rings. The van der Waals surface area contributed by atoms with E-state index in [4.69, 9.17) is 11.6 Å². The second kappa shape index (κ2) is 7.79. The molecule has 0 amide bonds. The van der Waals surface area contributed by atoms with E-state index in [0.717, 1.165) is 28.5 Å². The maximum absolute atomic E-state index is 13.1. The van der Waals surface area contributed by atoms with E-state index in [2.05, 4.69) is 9.88 Å². The number of halogens is 2. The molecule has 1 aromatic heterocycles. The van der Waals surface area contributed by atoms with Gasteiger partial charge in [-0.3, -0.25) is 0 Å². The Hall–Kier alpha value is -2.00. The highest BCUT2D eigenvalue weighted by Gasteiger charge is 2.29. The Labute approximate surface area is 172 Å². The highest BCUT2D eigenvalue weighted by molar-refractivity contribution is 7.89. The van der Waals surface area contributed by atoms with Crippen LogP contribution in [0.25, 0.3) is 11.3 Å². The monoisotopic (exact) mass is 437 g/mol. The molecule has 28 heavy (non-hydrogen) atoms. The molecule has 0 aliphatic carbocycles. The summed E-state index contributed by atoms with van der Waals surface area (Å²) < 4.78 is 39.9. The quantitative estimate of drug-likeness (QED) is 0.616. The zero-order chi connectivity index (χ0) is 19.7. The number of sulfonamides is 1. The van der Waals surface area contributed by atoms with Crippen LogP contribution in [0.5, 0.6) is 0 Å². The zero-order valence-electron chi connectivity index (χ0n) is 14.8. The summed E-state index contributed by atoms with van der Waals surface area (Å²) in [6, 6.07) is 12.4. The minimum Gasteiger partial charge on any atom is -0.345 e. The molecule has 0 atom stereocenters. The number of hydrogen-bond acceptors (Lipinski definition) is 5. The second-order valence-electron chi connectivity index (χ2n) is 6.37. The lowest BCUT2D eigenvalue weighted by atomic mass is 10.2. The lowest BCUT2D eigenvalue weighted by molar-refractivity contribution is 0.384. The topological polar surface area (TPSA) is 53.5 Å². The molecule has 0 spiro atoms. The van der Waals surface area contributed by atoms with Crippen LogP contribution in [0.2, 0.25) is 5.02 Å². The molecule has 0 saturated carbocycles. The predicted octanol–water partition coefficient (Wildman–Crippen LogP) is 4.11. The van der Waals surface area contributed by atoms with Crippen LogP contribution in [-0.4, -0.2) is 43.9 Å². The number of nitrogens with zero attached hydrogens (tertiary/aromatic N) is 3. The third-order valence-corrected chi connectivity index (χ3v) is 7.66. The third kappa shape index (κ3) is 3.91. The summed E-state index contributed by atoms with van der Waals surface area (Å²) in [7, 11) is -3.62. The molecule has 0 bridgehead atoms. The van der Waals surface area contributed by atoms with E-state index in [0.29, 0.717) is 31.2 Å². The van der Waals surface area contributed by atoms with Gasteiger partial charge in [0.2, 0.25) is 10.0 Å². The number of hydrogen-bond donors (Lipinski definition) is 0. The number of aromatic nitrogens is 1. The fraction of sp³-hybridized carbons (Fsp3) is 0.211. The molecule has 1 fully saturated rings. The van der Waals surface area contributed by atoms with Crippen molar-refractivity contribution in [2.24, 2.45) is 0 Å². The molecule has 2 heterocycles. The summed E-state index contributed by atoms with van der Waals surface area (Å²) in [5.74, 6) is -0.455. The minimum absolute atomic E-state index is 0.113. The van der Waals surface area contributed by atoms with Crippen molar-refractivity contribution in [3.8, 4) is 11.3 Å². The van der Waals surface area contributed by atoms with E-state index in [1.54, 1.807) is 0 Å². The van der Waals surface area contributed by atoms with Crippen LogP contribution >= 0.6 is 22.9 Å². The van der Waals surface area contributed by atoms with Gasteiger partial charge < -0.3 is 4.90 Å². The van der Waals surface area contributed by atoms with E-state index in [-0.39, 0.29) is 4.90 Å². The van der Waals surface area contributed by atoms with Gasteiger partial charge in [-0.2, -0.15) is 4.31 Å². The second-order valence-corrected chi connectivity index (χ2v) is 9.58. The Morgan fingerprint density at radius 1 is 0.964 bits per heavy atom. The van der Waals surface area contributed by atoms with Crippen molar-refractivity contribution in [3.63, 3.8) is 0 Å². The van der Waals surface area contributed by atoms with Crippen molar-refractivity contribution >= 4 is 38.1 Å². The number of anilines is 1. The van der Waals surface area contributed by atoms with Crippen molar-refractivity contribution in [2.75, 3.05) is 31.1 Å². The van der Waals surface area contributed by atoms with E-state index >= 15 is 0 Å². The van der Waals surface area contributed by atoms with Crippen molar-refractivity contribution in [3.05, 3.63) is 64.8 Å². The predicted molar refractivity (Wildman–Crippen MR) is 110 cm³/mol. The highest BCUT2D eigenvalue weighted by atomic mass is 35.5. The molecule has 146 valence electrons. The standard InChI is InChI=1S/C19H17ClFN3O2S2/c20-15-3-1-14(2-4-15)18-13-27-19(22-18)23-9-11-24(12-10-23)28(25,26)17-7-5-16(21)6-8-17/h1-8,13H,9-12H2. The Bertz CT molecular complexity index is 1060. The summed E-state index contributed by atoms with van der Waals surface area (Å²) in [5, 5.41) is 3.53. The molecular formula is C19H17ClFN3O2S2. The van der Waals surface area contributed by atoms with E-state index < -0.39 is 15.8 Å². The molecule has 4 rings (SSSR count). The van der Waals surface area contributed by atoms with Crippen LogP contribution in [0.3, 0.4) is 0 Å². The summed E-state index contributed by atoms with van der Waals surface area (Å²) in [4.78, 5) is 6.88. The van der Waals surface area contributed by atoms with Crippen molar-refractivity contribution < 1.29 is 12.8 Å². The lowest BCUT2D eigenvalue weighted by Gasteiger charge is -2.33. The maximum Gasteiger partial charge on any atom is 0.243 e. The summed E-state index contributed by atoms with van der Waals surface area (Å²) in [5.41, 5.74) is 1.86. The molecule has 1 aliphatic heterocycles. The third-order valence-electron chi connectivity index (χ3n) is 4.59. The van der Waals surface area contributed by atoms with E-state index in [1.807, 2.05) is 29.6 Å². The number of rotatable bonds is 4. The molecule has 1 saturated heterocycles. The van der Waals surface area contributed by atoms with Crippen molar-refractivity contribution in [1.82, 2.24) is 9.29 Å². The molecule has 0 N–H and O–H groups in total. The van der Waals surface area contributed by atoms with Gasteiger partial charge in [-0.1, -0.05) is 23.7 Å². The first kappa shape index (κ1) is 19.3. The first-order valence-electron chi connectivity index (χ1n) is 8.65. The van der Waals surface area contributed by atoms with Crippen LogP contribution in [-0.2, 0) is 10.0 Å². The van der Waals surface area contributed by atoms with E-state index in [9.17, 15) is 12.8 Å². The summed E-state index contributed by atoms with van der Waals surface area (Å²) in [6.45, 7) is 1.81.